The number of aliphatic hydroxyl groups excluding tert-OH is 1. The Hall–Kier alpha value is -1.67. The van der Waals surface area contributed by atoms with Crippen molar-refractivity contribution in [1.82, 2.24) is 15.2 Å². The van der Waals surface area contributed by atoms with E-state index in [1.165, 1.54) is 16.7 Å². The lowest BCUT2D eigenvalue weighted by molar-refractivity contribution is 0.0480. The smallest absolute Gasteiger partial charge is 0.355 e. The maximum Gasteiger partial charge on any atom is 0.355 e. The average Bonchev–Trinajstić information content (AvgIpc) is 2.88. The molecule has 2 unspecified atom stereocenters. The minimum Gasteiger partial charge on any atom is -0.476 e. The van der Waals surface area contributed by atoms with Crippen LogP contribution >= 0.6 is 11.3 Å². The lowest BCUT2D eigenvalue weighted by atomic mass is 9.97. The molecule has 0 radical (unpaired) electrons. The zero-order valence-corrected chi connectivity index (χ0v) is 11.9. The normalized spacial score (nSPS) is 22.6. The number of rotatable bonds is 3. The Bertz CT molecular complexity index is 505. The van der Waals surface area contributed by atoms with E-state index in [9.17, 15) is 14.7 Å². The number of hydrogen-bond acceptors (Lipinski definition) is 5. The number of nitrogens with one attached hydrogen (secondary N) is 1. The predicted molar refractivity (Wildman–Crippen MR) is 72.7 cm³/mol. The number of thiazole rings is 1. The molecule has 20 heavy (non-hydrogen) atoms. The Balaban J connectivity index is 1.84. The van der Waals surface area contributed by atoms with Gasteiger partial charge in [0.1, 0.15) is 5.01 Å². The van der Waals surface area contributed by atoms with Gasteiger partial charge in [0.15, 0.2) is 5.69 Å². The van der Waals surface area contributed by atoms with Crippen LogP contribution in [-0.4, -0.2) is 51.3 Å². The van der Waals surface area contributed by atoms with Crippen LogP contribution in [0.25, 0.3) is 0 Å². The predicted octanol–water partition coefficient (Wildman–Crippen LogP) is 0.754. The summed E-state index contributed by atoms with van der Waals surface area (Å²) in [5.74, 6) is -1.01. The van der Waals surface area contributed by atoms with E-state index in [4.69, 9.17) is 5.11 Å². The van der Waals surface area contributed by atoms with Crippen LogP contribution < -0.4 is 5.32 Å². The number of nitrogens with zero attached hydrogens (tertiary/aromatic N) is 2. The van der Waals surface area contributed by atoms with Crippen LogP contribution in [0.1, 0.15) is 28.8 Å². The molecular formula is C12H17N3O4S. The molecule has 8 heteroatoms. The van der Waals surface area contributed by atoms with Crippen LogP contribution in [0.15, 0.2) is 5.38 Å². The van der Waals surface area contributed by atoms with Gasteiger partial charge in [0.2, 0.25) is 0 Å². The number of carbonyl (C=O) groups is 2. The molecule has 2 heterocycles. The fourth-order valence-corrected chi connectivity index (χ4v) is 2.78. The first-order valence-corrected chi connectivity index (χ1v) is 7.24. The molecule has 0 spiro atoms. The van der Waals surface area contributed by atoms with Gasteiger partial charge in [-0.05, 0) is 12.3 Å². The minimum absolute atomic E-state index is 0.00559. The summed E-state index contributed by atoms with van der Waals surface area (Å²) in [4.78, 5) is 28.2. The Morgan fingerprint density at radius 1 is 1.60 bits per heavy atom. The molecule has 1 aromatic rings. The van der Waals surface area contributed by atoms with Crippen molar-refractivity contribution in [1.29, 1.82) is 0 Å². The summed E-state index contributed by atoms with van der Waals surface area (Å²) in [5, 5.41) is 23.1. The molecule has 2 atom stereocenters. The third-order valence-corrected chi connectivity index (χ3v) is 4.16. The monoisotopic (exact) mass is 299 g/mol. The van der Waals surface area contributed by atoms with Crippen molar-refractivity contribution in [3.63, 3.8) is 0 Å². The van der Waals surface area contributed by atoms with Crippen LogP contribution in [0.2, 0.25) is 0 Å². The number of carboxylic acids is 1. The fraction of sp³-hybridized carbons (Fsp3) is 0.583. The lowest BCUT2D eigenvalue weighted by Crippen LogP contribution is -2.48. The fourth-order valence-electron chi connectivity index (χ4n) is 2.07. The molecule has 7 nitrogen and oxygen atoms in total. The number of aromatic nitrogens is 1. The zero-order chi connectivity index (χ0) is 14.7. The number of aromatic carboxylic acids is 1. The summed E-state index contributed by atoms with van der Waals surface area (Å²) in [5.41, 5.74) is -0.00559. The van der Waals surface area contributed by atoms with E-state index in [-0.39, 0.29) is 30.3 Å². The van der Waals surface area contributed by atoms with Crippen LogP contribution in [0.5, 0.6) is 0 Å². The summed E-state index contributed by atoms with van der Waals surface area (Å²) in [7, 11) is 0. The lowest BCUT2D eigenvalue weighted by Gasteiger charge is -2.34. The van der Waals surface area contributed by atoms with Gasteiger partial charge in [-0.15, -0.1) is 11.3 Å². The second kappa shape index (κ2) is 6.19. The quantitative estimate of drug-likeness (QED) is 0.764. The second-order valence-electron chi connectivity index (χ2n) is 4.87. The SMILES string of the molecule is CC1CN(C(=O)NCc2nc(C(=O)O)cs2)CCC1O. The van der Waals surface area contributed by atoms with Gasteiger partial charge in [-0.25, -0.2) is 14.6 Å². The van der Waals surface area contributed by atoms with Gasteiger partial charge in [-0.1, -0.05) is 6.92 Å². The Labute approximate surface area is 120 Å². The number of hydrogen-bond donors (Lipinski definition) is 3. The highest BCUT2D eigenvalue weighted by Crippen LogP contribution is 2.16. The van der Waals surface area contributed by atoms with Crippen LogP contribution in [0, 0.1) is 5.92 Å². The summed E-state index contributed by atoms with van der Waals surface area (Å²) in [6.07, 6.45) is 0.228. The number of urea groups is 1. The first kappa shape index (κ1) is 14.7. The van der Waals surface area contributed by atoms with Crippen molar-refractivity contribution in [2.45, 2.75) is 26.0 Å². The zero-order valence-electron chi connectivity index (χ0n) is 11.1. The average molecular weight is 299 g/mol. The number of likely N-dealkylation sites (tertiary alicyclic amines) is 1. The van der Waals surface area contributed by atoms with Crippen molar-refractivity contribution in [3.8, 4) is 0 Å². The molecule has 0 saturated carbocycles. The Kier molecular flexibility index (Phi) is 4.56. The molecule has 0 aliphatic carbocycles. The molecule has 1 aliphatic rings. The maximum absolute atomic E-state index is 12.0. The molecule has 1 saturated heterocycles. The van der Waals surface area contributed by atoms with Gasteiger partial charge in [-0.3, -0.25) is 0 Å². The van der Waals surface area contributed by atoms with E-state index in [1.807, 2.05) is 6.92 Å². The van der Waals surface area contributed by atoms with Crippen molar-refractivity contribution in [2.75, 3.05) is 13.1 Å². The molecule has 0 aromatic carbocycles. The molecule has 2 rings (SSSR count). The van der Waals surface area contributed by atoms with Crippen molar-refractivity contribution >= 4 is 23.3 Å². The number of carboxylic acid groups (broad SMARTS) is 1. The molecule has 0 bridgehead atoms. The highest BCUT2D eigenvalue weighted by Gasteiger charge is 2.27. The molecule has 110 valence electrons. The molecule has 1 aromatic heterocycles. The third-order valence-electron chi connectivity index (χ3n) is 3.31. The Morgan fingerprint density at radius 2 is 2.35 bits per heavy atom. The van der Waals surface area contributed by atoms with Gasteiger partial charge < -0.3 is 20.4 Å². The van der Waals surface area contributed by atoms with E-state index >= 15 is 0 Å². The van der Waals surface area contributed by atoms with E-state index in [2.05, 4.69) is 10.3 Å². The topological polar surface area (TPSA) is 103 Å². The number of aliphatic hydroxyl groups is 1. The molecule has 2 amide bonds. The van der Waals surface area contributed by atoms with Crippen LogP contribution in [0.4, 0.5) is 4.79 Å². The molecule has 1 aliphatic heterocycles. The minimum atomic E-state index is -1.07. The van der Waals surface area contributed by atoms with Gasteiger partial charge in [0, 0.05) is 18.5 Å². The first-order valence-electron chi connectivity index (χ1n) is 6.36. The van der Waals surface area contributed by atoms with Crippen molar-refractivity contribution < 1.29 is 19.8 Å². The van der Waals surface area contributed by atoms with E-state index in [0.29, 0.717) is 24.5 Å². The van der Waals surface area contributed by atoms with Gasteiger partial charge >= 0.3 is 12.0 Å². The molecular weight excluding hydrogens is 282 g/mol. The maximum atomic E-state index is 12.0. The number of piperidine rings is 1. The first-order chi connectivity index (χ1) is 9.47. The van der Waals surface area contributed by atoms with Gasteiger partial charge in [0.05, 0.1) is 12.6 Å². The van der Waals surface area contributed by atoms with E-state index < -0.39 is 5.97 Å². The molecule has 3 N–H and O–H groups in total. The van der Waals surface area contributed by atoms with Crippen molar-refractivity contribution in [3.05, 3.63) is 16.1 Å². The Morgan fingerprint density at radius 3 is 2.95 bits per heavy atom. The standard InChI is InChI=1S/C12H17N3O4S/c1-7-5-15(3-2-9(7)16)12(19)13-4-10-14-8(6-20-10)11(17)18/h6-7,9,16H,2-5H2,1H3,(H,13,19)(H,17,18). The van der Waals surface area contributed by atoms with E-state index in [1.54, 1.807) is 4.90 Å². The molecule has 1 fully saturated rings. The summed E-state index contributed by atoms with van der Waals surface area (Å²) < 4.78 is 0. The summed E-state index contributed by atoms with van der Waals surface area (Å²) >= 11 is 1.20. The van der Waals surface area contributed by atoms with Crippen LogP contribution in [-0.2, 0) is 6.54 Å². The van der Waals surface area contributed by atoms with Gasteiger partial charge in [-0.2, -0.15) is 0 Å². The summed E-state index contributed by atoms with van der Waals surface area (Å²) in [6, 6.07) is -0.212. The second-order valence-corrected chi connectivity index (χ2v) is 5.81. The summed E-state index contributed by atoms with van der Waals surface area (Å²) in [6.45, 7) is 3.16. The third kappa shape index (κ3) is 3.45. The largest absolute Gasteiger partial charge is 0.476 e. The highest BCUT2D eigenvalue weighted by molar-refractivity contribution is 7.09. The number of amides is 2. The highest BCUT2D eigenvalue weighted by atomic mass is 32.1. The van der Waals surface area contributed by atoms with Crippen LogP contribution in [0.3, 0.4) is 0 Å². The van der Waals surface area contributed by atoms with Gasteiger partial charge in [0.25, 0.3) is 0 Å². The number of carbonyl (C=O) groups excluding carboxylic acids is 1. The van der Waals surface area contributed by atoms with Crippen molar-refractivity contribution in [2.24, 2.45) is 5.92 Å². The van der Waals surface area contributed by atoms with E-state index in [0.717, 1.165) is 0 Å².